The van der Waals surface area contributed by atoms with Crippen molar-refractivity contribution >= 4 is 11.9 Å². The van der Waals surface area contributed by atoms with Crippen molar-refractivity contribution in [2.24, 2.45) is 10.9 Å². The molecule has 0 spiro atoms. The molecule has 0 saturated carbocycles. The highest BCUT2D eigenvalue weighted by atomic mass is 16.6. The second kappa shape index (κ2) is 6.26. The third kappa shape index (κ3) is 5.33. The van der Waals surface area contributed by atoms with Crippen molar-refractivity contribution < 1.29 is 14.4 Å². The van der Waals surface area contributed by atoms with E-state index in [1.165, 1.54) is 7.11 Å². The smallest absolute Gasteiger partial charge is 0.325 e. The Morgan fingerprint density at radius 3 is 2.83 bits per heavy atom. The first kappa shape index (κ1) is 10.5. The number of rotatable bonds is 4. The number of hydrogen-bond acceptors (Lipinski definition) is 4. The van der Waals surface area contributed by atoms with Crippen LogP contribution in [0.25, 0.3) is 0 Å². The summed E-state index contributed by atoms with van der Waals surface area (Å²) in [6, 6.07) is 0. The van der Waals surface area contributed by atoms with Crippen molar-refractivity contribution in [3.63, 3.8) is 0 Å². The van der Waals surface area contributed by atoms with Gasteiger partial charge in [-0.1, -0.05) is 0 Å². The first-order valence-corrected chi connectivity index (χ1v) is 3.46. The number of hydrogen-bond donors (Lipinski definition) is 2. The molecule has 0 atom stereocenters. The van der Waals surface area contributed by atoms with E-state index >= 15 is 0 Å². The summed E-state index contributed by atoms with van der Waals surface area (Å²) in [6.07, 6.45) is 0. The zero-order chi connectivity index (χ0) is 9.40. The summed E-state index contributed by atoms with van der Waals surface area (Å²) in [5.41, 5.74) is 5.23. The Morgan fingerprint density at radius 1 is 1.67 bits per heavy atom. The quantitative estimate of drug-likeness (QED) is 0.248. The number of nitrogens with two attached hydrogens (primary N) is 1. The normalized spacial score (nSPS) is 10.7. The molecule has 0 rings (SSSR count). The number of carbonyl (C=O) groups excluding carboxylic acids is 1. The van der Waals surface area contributed by atoms with E-state index in [2.05, 4.69) is 20.0 Å². The Labute approximate surface area is 70.7 Å². The lowest BCUT2D eigenvalue weighted by Gasteiger charge is -2.03. The van der Waals surface area contributed by atoms with Gasteiger partial charge in [-0.05, 0) is 12.1 Å². The Hall–Kier alpha value is -1.46. The summed E-state index contributed by atoms with van der Waals surface area (Å²) >= 11 is 0. The molecule has 0 bridgehead atoms. The molecule has 0 aliphatic rings. The molecule has 0 aromatic heterocycles. The summed E-state index contributed by atoms with van der Waals surface area (Å²) in [5.74, 6) is -0.336. The van der Waals surface area contributed by atoms with Gasteiger partial charge in [-0.2, -0.15) is 0 Å². The molecule has 70 valence electrons. The van der Waals surface area contributed by atoms with Gasteiger partial charge < -0.3 is 20.6 Å². The van der Waals surface area contributed by atoms with E-state index in [1.807, 2.05) is 0 Å². The highest BCUT2D eigenvalue weighted by Crippen LogP contribution is 1.75. The SMILES string of the molecule is CCOC(=O)CNC(N)=NOC. The number of esters is 1. The summed E-state index contributed by atoms with van der Waals surface area (Å²) in [4.78, 5) is 15.1. The number of guanidine groups is 1. The molecule has 0 aliphatic heterocycles. The number of ether oxygens (including phenoxy) is 1. The van der Waals surface area contributed by atoms with Crippen LogP contribution < -0.4 is 11.1 Å². The van der Waals surface area contributed by atoms with Crippen LogP contribution in [0.5, 0.6) is 0 Å². The zero-order valence-electron chi connectivity index (χ0n) is 7.16. The third-order valence-corrected chi connectivity index (χ3v) is 0.909. The van der Waals surface area contributed by atoms with Crippen LogP contribution in [0.15, 0.2) is 5.16 Å². The molecule has 0 radical (unpaired) electrons. The van der Waals surface area contributed by atoms with Crippen LogP contribution in [-0.4, -0.2) is 32.2 Å². The molecular weight excluding hydrogens is 162 g/mol. The van der Waals surface area contributed by atoms with Crippen LogP contribution >= 0.6 is 0 Å². The van der Waals surface area contributed by atoms with Gasteiger partial charge in [0.1, 0.15) is 13.7 Å². The number of nitrogens with one attached hydrogen (secondary N) is 1. The predicted octanol–water partition coefficient (Wildman–Crippen LogP) is -0.985. The van der Waals surface area contributed by atoms with Crippen molar-refractivity contribution in [2.75, 3.05) is 20.3 Å². The summed E-state index contributed by atoms with van der Waals surface area (Å²) in [6.45, 7) is 2.07. The fourth-order valence-electron chi connectivity index (χ4n) is 0.505. The van der Waals surface area contributed by atoms with Gasteiger partial charge in [0, 0.05) is 0 Å². The van der Waals surface area contributed by atoms with E-state index in [1.54, 1.807) is 6.92 Å². The van der Waals surface area contributed by atoms with Gasteiger partial charge >= 0.3 is 5.97 Å². The molecule has 0 fully saturated rings. The maximum absolute atomic E-state index is 10.7. The van der Waals surface area contributed by atoms with Gasteiger partial charge in [0.15, 0.2) is 0 Å². The molecule has 0 amide bonds. The van der Waals surface area contributed by atoms with Crippen LogP contribution in [0.3, 0.4) is 0 Å². The lowest BCUT2D eigenvalue weighted by atomic mass is 10.6. The highest BCUT2D eigenvalue weighted by molar-refractivity contribution is 5.82. The minimum absolute atomic E-state index is 0.00741. The van der Waals surface area contributed by atoms with Gasteiger partial charge in [-0.25, -0.2) is 0 Å². The van der Waals surface area contributed by atoms with Crippen molar-refractivity contribution in [1.82, 2.24) is 5.32 Å². The van der Waals surface area contributed by atoms with Gasteiger partial charge in [0.05, 0.1) is 6.61 Å². The minimum atomic E-state index is -0.383. The first-order chi connectivity index (χ1) is 5.70. The molecule has 12 heavy (non-hydrogen) atoms. The second-order valence-corrected chi connectivity index (χ2v) is 1.82. The fourth-order valence-corrected chi connectivity index (χ4v) is 0.505. The average molecular weight is 175 g/mol. The number of nitrogens with zero attached hydrogens (tertiary/aromatic N) is 1. The second-order valence-electron chi connectivity index (χ2n) is 1.82. The average Bonchev–Trinajstić information content (AvgIpc) is 2.02. The van der Waals surface area contributed by atoms with Crippen LogP contribution in [-0.2, 0) is 14.4 Å². The zero-order valence-corrected chi connectivity index (χ0v) is 7.16. The summed E-state index contributed by atoms with van der Waals surface area (Å²) in [5, 5.41) is 5.83. The standard InChI is InChI=1S/C6H13N3O3/c1-3-12-5(10)4-8-6(7)9-11-2/h3-4H2,1-2H3,(H3,7,8,9). The Kier molecular flexibility index (Phi) is 5.50. The number of carbonyl (C=O) groups is 1. The molecule has 0 aromatic rings. The van der Waals surface area contributed by atoms with E-state index in [4.69, 9.17) is 5.73 Å². The minimum Gasteiger partial charge on any atom is -0.465 e. The van der Waals surface area contributed by atoms with Crippen LogP contribution in [0.1, 0.15) is 6.92 Å². The topological polar surface area (TPSA) is 85.9 Å². The van der Waals surface area contributed by atoms with Crippen LogP contribution in [0.4, 0.5) is 0 Å². The third-order valence-electron chi connectivity index (χ3n) is 0.909. The molecule has 6 heteroatoms. The molecule has 0 aromatic carbocycles. The Balaban J connectivity index is 3.53. The Bertz CT molecular complexity index is 169. The first-order valence-electron chi connectivity index (χ1n) is 3.46. The van der Waals surface area contributed by atoms with E-state index in [0.717, 1.165) is 0 Å². The Morgan fingerprint density at radius 2 is 2.33 bits per heavy atom. The monoisotopic (exact) mass is 175 g/mol. The molecule has 3 N–H and O–H groups in total. The summed E-state index contributed by atoms with van der Waals surface area (Å²) in [7, 11) is 1.36. The van der Waals surface area contributed by atoms with Crippen molar-refractivity contribution in [3.05, 3.63) is 0 Å². The maximum atomic E-state index is 10.7. The summed E-state index contributed by atoms with van der Waals surface area (Å²) < 4.78 is 4.62. The molecular formula is C6H13N3O3. The van der Waals surface area contributed by atoms with Gasteiger partial charge in [0.25, 0.3) is 0 Å². The van der Waals surface area contributed by atoms with Gasteiger partial charge in [-0.3, -0.25) is 4.79 Å². The number of oxime groups is 1. The van der Waals surface area contributed by atoms with Gasteiger partial charge in [0.2, 0.25) is 5.96 Å². The van der Waals surface area contributed by atoms with E-state index in [0.29, 0.717) is 6.61 Å². The lowest BCUT2D eigenvalue weighted by molar-refractivity contribution is -0.141. The largest absolute Gasteiger partial charge is 0.465 e. The maximum Gasteiger partial charge on any atom is 0.325 e. The van der Waals surface area contributed by atoms with E-state index in [-0.39, 0.29) is 18.5 Å². The van der Waals surface area contributed by atoms with Crippen molar-refractivity contribution in [3.8, 4) is 0 Å². The molecule has 0 heterocycles. The van der Waals surface area contributed by atoms with Crippen molar-refractivity contribution in [1.29, 1.82) is 0 Å². The molecule has 0 unspecified atom stereocenters. The highest BCUT2D eigenvalue weighted by Gasteiger charge is 2.00. The van der Waals surface area contributed by atoms with Crippen molar-refractivity contribution in [2.45, 2.75) is 6.92 Å². The van der Waals surface area contributed by atoms with E-state index in [9.17, 15) is 4.79 Å². The fraction of sp³-hybridized carbons (Fsp3) is 0.667. The predicted molar refractivity (Wildman–Crippen MR) is 43.3 cm³/mol. The molecule has 0 saturated heterocycles. The van der Waals surface area contributed by atoms with Crippen LogP contribution in [0, 0.1) is 0 Å². The van der Waals surface area contributed by atoms with E-state index < -0.39 is 0 Å². The molecule has 0 aliphatic carbocycles. The van der Waals surface area contributed by atoms with Gasteiger partial charge in [-0.15, -0.1) is 0 Å². The lowest BCUT2D eigenvalue weighted by Crippen LogP contribution is -2.36. The van der Waals surface area contributed by atoms with Crippen LogP contribution in [0.2, 0.25) is 0 Å². The molecule has 6 nitrogen and oxygen atoms in total.